The fraction of sp³-hybridized carbons (Fsp3) is 0. The third-order valence-electron chi connectivity index (χ3n) is 1.02. The average molecular weight is 195 g/mol. The second-order valence-corrected chi connectivity index (χ2v) is 2.40. The zero-order valence-electron chi connectivity index (χ0n) is 5.66. The maximum Gasteiger partial charge on any atom is 1.00 e. The minimum Gasteiger partial charge on any atom is -0.856 e. The van der Waals surface area contributed by atoms with Crippen molar-refractivity contribution >= 4 is 17.6 Å². The molecule has 0 aromatic carbocycles. The fourth-order valence-electron chi connectivity index (χ4n) is 0.598. The van der Waals surface area contributed by atoms with Crippen LogP contribution in [0.4, 0.5) is 5.69 Å². The largest absolute Gasteiger partial charge is 1.00 e. The van der Waals surface area contributed by atoms with Gasteiger partial charge >= 0.3 is 51.4 Å². The van der Waals surface area contributed by atoms with Crippen molar-refractivity contribution in [2.24, 2.45) is 0 Å². The molecule has 0 aliphatic carbocycles. The molecule has 6 nitrogen and oxygen atoms in total. The molecule has 0 fully saturated rings. The zero-order chi connectivity index (χ0) is 6.97. The van der Waals surface area contributed by atoms with Gasteiger partial charge in [0.05, 0.1) is 5.69 Å². The monoisotopic (exact) mass is 195 g/mol. The van der Waals surface area contributed by atoms with Gasteiger partial charge in [0.15, 0.2) is 5.03 Å². The SMILES string of the molecule is [K+].[O-]c1nnnc2c1NNS2. The molecule has 0 radical (unpaired) electrons. The van der Waals surface area contributed by atoms with E-state index in [1.165, 1.54) is 11.9 Å². The molecule has 0 saturated heterocycles. The van der Waals surface area contributed by atoms with Crippen LogP contribution in [0.15, 0.2) is 5.03 Å². The summed E-state index contributed by atoms with van der Waals surface area (Å²) in [5.41, 5.74) is 2.98. The van der Waals surface area contributed by atoms with Gasteiger partial charge in [-0.25, -0.2) is 0 Å². The molecule has 1 aliphatic heterocycles. The predicted octanol–water partition coefficient (Wildman–Crippen LogP) is -4.11. The molecular formula is C3H2KN5OS. The molecular weight excluding hydrogens is 193 g/mol. The summed E-state index contributed by atoms with van der Waals surface area (Å²) >= 11 is 1.21. The molecule has 0 bridgehead atoms. The van der Waals surface area contributed by atoms with Crippen LogP contribution in [0.2, 0.25) is 0 Å². The molecule has 8 heteroatoms. The van der Waals surface area contributed by atoms with Crippen molar-refractivity contribution in [2.75, 3.05) is 5.43 Å². The van der Waals surface area contributed by atoms with Gasteiger partial charge in [0.25, 0.3) is 0 Å². The second kappa shape index (κ2) is 3.98. The van der Waals surface area contributed by atoms with Gasteiger partial charge < -0.3 is 10.5 Å². The number of fused-ring (bicyclic) bond motifs is 1. The van der Waals surface area contributed by atoms with Gasteiger partial charge in [-0.2, -0.15) is 4.83 Å². The summed E-state index contributed by atoms with van der Waals surface area (Å²) in [4.78, 5) is 2.65. The van der Waals surface area contributed by atoms with Gasteiger partial charge in [-0.3, -0.25) is 0 Å². The van der Waals surface area contributed by atoms with E-state index in [0.717, 1.165) is 0 Å². The Hall–Kier alpha value is 0.556. The number of hydrazine groups is 1. The molecule has 0 amide bonds. The van der Waals surface area contributed by atoms with E-state index in [2.05, 4.69) is 25.7 Å². The van der Waals surface area contributed by atoms with E-state index in [9.17, 15) is 5.11 Å². The third kappa shape index (κ3) is 1.83. The zero-order valence-corrected chi connectivity index (χ0v) is 9.60. The Morgan fingerprint density at radius 3 is 2.91 bits per heavy atom. The molecule has 11 heavy (non-hydrogen) atoms. The molecule has 1 aromatic rings. The minimum atomic E-state index is -0.387. The maximum atomic E-state index is 10.8. The van der Waals surface area contributed by atoms with Crippen LogP contribution in [-0.2, 0) is 0 Å². The molecule has 0 saturated carbocycles. The quantitative estimate of drug-likeness (QED) is 0.321. The molecule has 2 N–H and O–H groups in total. The number of anilines is 1. The fourth-order valence-corrected chi connectivity index (χ4v) is 1.17. The van der Waals surface area contributed by atoms with Crippen LogP contribution in [0.5, 0.6) is 5.88 Å². The summed E-state index contributed by atoms with van der Waals surface area (Å²) in [5, 5.41) is 21.4. The van der Waals surface area contributed by atoms with E-state index >= 15 is 0 Å². The Balaban J connectivity index is 0.000000605. The van der Waals surface area contributed by atoms with Gasteiger partial charge in [-0.15, -0.1) is 10.2 Å². The average Bonchev–Trinajstić information content (AvgIpc) is 2.36. The Kier molecular flexibility index (Phi) is 3.49. The first-order valence-electron chi connectivity index (χ1n) is 2.46. The number of rotatable bonds is 0. The van der Waals surface area contributed by atoms with E-state index in [1.54, 1.807) is 0 Å². The van der Waals surface area contributed by atoms with Gasteiger partial charge in [-0.05, 0) is 17.2 Å². The smallest absolute Gasteiger partial charge is 0.856 e. The van der Waals surface area contributed by atoms with Crippen molar-refractivity contribution in [1.82, 2.24) is 20.2 Å². The van der Waals surface area contributed by atoms with Crippen LogP contribution in [0.1, 0.15) is 0 Å². The summed E-state index contributed by atoms with van der Waals surface area (Å²) in [6.45, 7) is 0. The van der Waals surface area contributed by atoms with Crippen LogP contribution in [0.25, 0.3) is 0 Å². The first-order valence-corrected chi connectivity index (χ1v) is 3.28. The first-order chi connectivity index (χ1) is 4.88. The topological polar surface area (TPSA) is 85.8 Å². The van der Waals surface area contributed by atoms with E-state index in [0.29, 0.717) is 10.7 Å². The van der Waals surface area contributed by atoms with Crippen molar-refractivity contribution in [3.05, 3.63) is 0 Å². The number of nitrogens with zero attached hydrogens (tertiary/aromatic N) is 3. The molecule has 2 heterocycles. The minimum absolute atomic E-state index is 0. The third-order valence-corrected chi connectivity index (χ3v) is 1.71. The molecule has 2 rings (SSSR count). The van der Waals surface area contributed by atoms with Crippen molar-refractivity contribution in [1.29, 1.82) is 0 Å². The van der Waals surface area contributed by atoms with Crippen LogP contribution in [0.3, 0.4) is 0 Å². The molecule has 0 unspecified atom stereocenters. The Morgan fingerprint density at radius 2 is 2.18 bits per heavy atom. The normalized spacial score (nSPS) is 13.1. The summed E-state index contributed by atoms with van der Waals surface area (Å²) in [7, 11) is 0. The van der Waals surface area contributed by atoms with Crippen LogP contribution >= 0.6 is 11.9 Å². The summed E-state index contributed by atoms with van der Waals surface area (Å²) in [5.74, 6) is -0.387. The summed E-state index contributed by atoms with van der Waals surface area (Å²) in [6, 6.07) is 0. The number of nitrogens with one attached hydrogen (secondary N) is 2. The van der Waals surface area contributed by atoms with Gasteiger partial charge in [0.2, 0.25) is 0 Å². The second-order valence-electron chi connectivity index (χ2n) is 1.60. The number of hydrogen-bond acceptors (Lipinski definition) is 7. The molecule has 0 atom stereocenters. The molecule has 1 aromatic heterocycles. The van der Waals surface area contributed by atoms with Crippen molar-refractivity contribution in [3.8, 4) is 5.88 Å². The van der Waals surface area contributed by atoms with Crippen molar-refractivity contribution in [2.45, 2.75) is 5.03 Å². The maximum absolute atomic E-state index is 10.8. The summed E-state index contributed by atoms with van der Waals surface area (Å²) < 4.78 is 0. The Bertz CT molecular complexity index is 270. The van der Waals surface area contributed by atoms with Crippen molar-refractivity contribution < 1.29 is 56.5 Å². The summed E-state index contributed by atoms with van der Waals surface area (Å²) in [6.07, 6.45) is 0. The Morgan fingerprint density at radius 1 is 1.36 bits per heavy atom. The molecule has 0 spiro atoms. The van der Waals surface area contributed by atoms with E-state index < -0.39 is 0 Å². The van der Waals surface area contributed by atoms with E-state index in [1.807, 2.05) is 0 Å². The predicted molar refractivity (Wildman–Crippen MR) is 31.9 cm³/mol. The van der Waals surface area contributed by atoms with E-state index in [-0.39, 0.29) is 57.3 Å². The number of aromatic nitrogens is 3. The number of hydrogen-bond donors (Lipinski definition) is 2. The van der Waals surface area contributed by atoms with Crippen LogP contribution in [0, 0.1) is 0 Å². The van der Waals surface area contributed by atoms with Crippen molar-refractivity contribution in [3.63, 3.8) is 0 Å². The van der Waals surface area contributed by atoms with E-state index in [4.69, 9.17) is 0 Å². The van der Waals surface area contributed by atoms with Gasteiger partial charge in [0, 0.05) is 5.88 Å². The van der Waals surface area contributed by atoms with Crippen LogP contribution < -0.4 is 66.7 Å². The molecule has 52 valence electrons. The molecule has 1 aliphatic rings. The van der Waals surface area contributed by atoms with Gasteiger partial charge in [0.1, 0.15) is 0 Å². The van der Waals surface area contributed by atoms with Crippen LogP contribution in [-0.4, -0.2) is 15.4 Å². The Labute approximate surface area is 109 Å². The van der Waals surface area contributed by atoms with Gasteiger partial charge in [-0.1, -0.05) is 0 Å². The first kappa shape index (κ1) is 9.64. The standard InChI is InChI=1S/C3H3N5OS.K/c9-2-1-3(6-7-5-2)10-8-4-1;/h4,8H,(H,5,6,9);/q;+1/p-1.